The van der Waals surface area contributed by atoms with E-state index in [9.17, 15) is 14.4 Å². The van der Waals surface area contributed by atoms with Crippen molar-refractivity contribution in [2.45, 2.75) is 322 Å². The molecule has 1 atom stereocenters. The third-order valence-corrected chi connectivity index (χ3v) is 12.8. The number of esters is 3. The molecule has 0 aromatic heterocycles. The van der Waals surface area contributed by atoms with E-state index < -0.39 is 6.10 Å². The second-order valence-electron chi connectivity index (χ2n) is 19.2. The highest BCUT2D eigenvalue weighted by molar-refractivity contribution is 5.71. The number of hydrogen-bond acceptors (Lipinski definition) is 6. The first-order chi connectivity index (χ1) is 31.0. The molecule has 0 aliphatic carbocycles. The summed E-state index contributed by atoms with van der Waals surface area (Å²) in [7, 11) is 0. The number of rotatable bonds is 52. The number of allylic oxidation sites excluding steroid dienone is 2. The number of hydrogen-bond donors (Lipinski definition) is 0. The molecular weight excluding hydrogens is 781 g/mol. The highest BCUT2D eigenvalue weighted by atomic mass is 16.6. The molecule has 0 aromatic carbocycles. The standard InChI is InChI=1S/C57H108O6/c1-4-7-10-13-16-19-22-25-27-29-31-32-35-38-41-44-47-50-56(59)62-53-54(52-61-55(58)49-46-43-40-37-34-24-21-18-15-12-9-6-3)63-57(60)51-48-45-42-39-36-33-30-28-26-23-20-17-14-11-8-5-2/h28,30,54H,4-27,29,31-53H2,1-3H3/b30-28-/t54-/m1/s1. The fourth-order valence-electron chi connectivity index (χ4n) is 8.50. The van der Waals surface area contributed by atoms with Crippen LogP contribution in [0.5, 0.6) is 0 Å². The van der Waals surface area contributed by atoms with Crippen LogP contribution >= 0.6 is 0 Å². The zero-order valence-electron chi connectivity index (χ0n) is 42.6. The van der Waals surface area contributed by atoms with E-state index in [1.807, 2.05) is 0 Å². The van der Waals surface area contributed by atoms with Crippen LogP contribution in [-0.2, 0) is 28.6 Å². The third-order valence-electron chi connectivity index (χ3n) is 12.8. The molecule has 0 spiro atoms. The second kappa shape index (κ2) is 52.8. The van der Waals surface area contributed by atoms with Gasteiger partial charge < -0.3 is 14.2 Å². The van der Waals surface area contributed by atoms with Gasteiger partial charge in [0.25, 0.3) is 0 Å². The van der Waals surface area contributed by atoms with E-state index in [0.29, 0.717) is 19.3 Å². The van der Waals surface area contributed by atoms with E-state index in [-0.39, 0.29) is 31.1 Å². The largest absolute Gasteiger partial charge is 0.462 e. The molecule has 0 amide bonds. The minimum atomic E-state index is -0.768. The summed E-state index contributed by atoms with van der Waals surface area (Å²) in [5.74, 6) is -0.854. The van der Waals surface area contributed by atoms with Gasteiger partial charge in [0, 0.05) is 19.3 Å². The lowest BCUT2D eigenvalue weighted by Crippen LogP contribution is -2.30. The van der Waals surface area contributed by atoms with Crippen molar-refractivity contribution in [3.8, 4) is 0 Å². The number of carbonyl (C=O) groups is 3. The lowest BCUT2D eigenvalue weighted by molar-refractivity contribution is -0.167. The van der Waals surface area contributed by atoms with Gasteiger partial charge in [-0.25, -0.2) is 0 Å². The molecule has 0 N–H and O–H groups in total. The Morgan fingerprint density at radius 3 is 0.794 bits per heavy atom. The highest BCUT2D eigenvalue weighted by Crippen LogP contribution is 2.17. The number of carbonyl (C=O) groups excluding carboxylic acids is 3. The molecule has 0 radical (unpaired) electrons. The molecule has 0 bridgehead atoms. The van der Waals surface area contributed by atoms with Gasteiger partial charge in [-0.15, -0.1) is 0 Å². The Hall–Kier alpha value is -1.85. The van der Waals surface area contributed by atoms with Crippen LogP contribution in [0.2, 0.25) is 0 Å². The Bertz CT molecular complexity index is 978. The van der Waals surface area contributed by atoms with Gasteiger partial charge in [-0.2, -0.15) is 0 Å². The van der Waals surface area contributed by atoms with Crippen molar-refractivity contribution >= 4 is 17.9 Å². The van der Waals surface area contributed by atoms with Crippen LogP contribution in [0.4, 0.5) is 0 Å². The Morgan fingerprint density at radius 1 is 0.302 bits per heavy atom. The minimum Gasteiger partial charge on any atom is -0.462 e. The minimum absolute atomic E-state index is 0.0676. The van der Waals surface area contributed by atoms with Crippen molar-refractivity contribution in [3.63, 3.8) is 0 Å². The summed E-state index contributed by atoms with van der Waals surface area (Å²) in [5.41, 5.74) is 0. The summed E-state index contributed by atoms with van der Waals surface area (Å²) in [5, 5.41) is 0. The van der Waals surface area contributed by atoms with Crippen LogP contribution in [-0.4, -0.2) is 37.2 Å². The van der Waals surface area contributed by atoms with Crippen molar-refractivity contribution in [2.24, 2.45) is 0 Å². The molecule has 0 unspecified atom stereocenters. The molecule has 0 saturated heterocycles. The molecule has 6 heteroatoms. The zero-order valence-corrected chi connectivity index (χ0v) is 42.6. The number of unbranched alkanes of at least 4 members (excludes halogenated alkanes) is 39. The van der Waals surface area contributed by atoms with Crippen LogP contribution in [0.25, 0.3) is 0 Å². The lowest BCUT2D eigenvalue weighted by Gasteiger charge is -2.18. The highest BCUT2D eigenvalue weighted by Gasteiger charge is 2.19. The van der Waals surface area contributed by atoms with Gasteiger partial charge in [-0.05, 0) is 44.9 Å². The normalized spacial score (nSPS) is 12.0. The molecule has 372 valence electrons. The first-order valence-corrected chi connectivity index (χ1v) is 28.2. The molecule has 0 aromatic rings. The molecule has 6 nitrogen and oxygen atoms in total. The first kappa shape index (κ1) is 61.1. The predicted molar refractivity (Wildman–Crippen MR) is 270 cm³/mol. The Morgan fingerprint density at radius 2 is 0.524 bits per heavy atom. The van der Waals surface area contributed by atoms with Crippen molar-refractivity contribution in [1.29, 1.82) is 0 Å². The Balaban J connectivity index is 4.31. The van der Waals surface area contributed by atoms with Crippen molar-refractivity contribution < 1.29 is 28.6 Å². The number of ether oxygens (including phenoxy) is 3. The Labute approximate surface area is 392 Å². The van der Waals surface area contributed by atoms with Gasteiger partial charge in [0.05, 0.1) is 0 Å². The van der Waals surface area contributed by atoms with Gasteiger partial charge >= 0.3 is 17.9 Å². The topological polar surface area (TPSA) is 78.9 Å². The fourth-order valence-corrected chi connectivity index (χ4v) is 8.50. The van der Waals surface area contributed by atoms with Gasteiger partial charge in [0.1, 0.15) is 13.2 Å². The molecule has 0 saturated carbocycles. The molecule has 0 heterocycles. The maximum absolute atomic E-state index is 12.8. The van der Waals surface area contributed by atoms with E-state index in [0.717, 1.165) is 64.2 Å². The van der Waals surface area contributed by atoms with Crippen molar-refractivity contribution in [3.05, 3.63) is 12.2 Å². The third kappa shape index (κ3) is 51.0. The predicted octanol–water partition coefficient (Wildman–Crippen LogP) is 18.5. The molecule has 0 aliphatic heterocycles. The summed E-state index contributed by atoms with van der Waals surface area (Å²) in [4.78, 5) is 38.1. The molecular formula is C57H108O6. The fraction of sp³-hybridized carbons (Fsp3) is 0.912. The van der Waals surface area contributed by atoms with E-state index in [1.165, 1.54) is 212 Å². The maximum atomic E-state index is 12.8. The average Bonchev–Trinajstić information content (AvgIpc) is 3.28. The van der Waals surface area contributed by atoms with Crippen molar-refractivity contribution in [1.82, 2.24) is 0 Å². The van der Waals surface area contributed by atoms with Crippen LogP contribution in [0.1, 0.15) is 316 Å². The maximum Gasteiger partial charge on any atom is 0.306 e. The van der Waals surface area contributed by atoms with Crippen LogP contribution < -0.4 is 0 Å². The van der Waals surface area contributed by atoms with Gasteiger partial charge in [0.15, 0.2) is 6.10 Å². The van der Waals surface area contributed by atoms with Crippen LogP contribution in [0, 0.1) is 0 Å². The van der Waals surface area contributed by atoms with E-state index in [2.05, 4.69) is 32.9 Å². The second-order valence-corrected chi connectivity index (χ2v) is 19.2. The van der Waals surface area contributed by atoms with Gasteiger partial charge in [-0.1, -0.05) is 264 Å². The summed E-state index contributed by atoms with van der Waals surface area (Å²) >= 11 is 0. The Kier molecular flexibility index (Phi) is 51.2. The van der Waals surface area contributed by atoms with Gasteiger partial charge in [0.2, 0.25) is 0 Å². The van der Waals surface area contributed by atoms with E-state index in [1.54, 1.807) is 0 Å². The lowest BCUT2D eigenvalue weighted by atomic mass is 10.0. The smallest absolute Gasteiger partial charge is 0.306 e. The summed E-state index contributed by atoms with van der Waals surface area (Å²) in [6.07, 6.45) is 59.1. The summed E-state index contributed by atoms with van der Waals surface area (Å²) in [6, 6.07) is 0. The monoisotopic (exact) mass is 889 g/mol. The van der Waals surface area contributed by atoms with Crippen molar-refractivity contribution in [2.75, 3.05) is 13.2 Å². The van der Waals surface area contributed by atoms with E-state index in [4.69, 9.17) is 14.2 Å². The SMILES string of the molecule is CCCCCCCCC/C=C\CCCCCCCC(=O)O[C@H](COC(=O)CCCCCCCCCCCCCC)COC(=O)CCCCCCCCCCCCCCCCCCC. The molecule has 0 rings (SSSR count). The van der Waals surface area contributed by atoms with Gasteiger partial charge in [-0.3, -0.25) is 14.4 Å². The molecule has 63 heavy (non-hydrogen) atoms. The first-order valence-electron chi connectivity index (χ1n) is 28.2. The molecule has 0 aliphatic rings. The van der Waals surface area contributed by atoms with Crippen LogP contribution in [0.3, 0.4) is 0 Å². The quantitative estimate of drug-likeness (QED) is 0.0262. The van der Waals surface area contributed by atoms with E-state index >= 15 is 0 Å². The average molecular weight is 889 g/mol. The summed E-state index contributed by atoms with van der Waals surface area (Å²) < 4.78 is 16.9. The zero-order chi connectivity index (χ0) is 45.8. The summed E-state index contributed by atoms with van der Waals surface area (Å²) in [6.45, 7) is 6.68. The molecule has 0 fully saturated rings. The van der Waals surface area contributed by atoms with Crippen LogP contribution in [0.15, 0.2) is 12.2 Å².